The summed E-state index contributed by atoms with van der Waals surface area (Å²) in [5.41, 5.74) is 3.88. The van der Waals surface area contributed by atoms with Crippen LogP contribution in [0.2, 0.25) is 0 Å². The van der Waals surface area contributed by atoms with Crippen LogP contribution in [0.5, 0.6) is 0 Å². The van der Waals surface area contributed by atoms with Gasteiger partial charge in [-0.25, -0.2) is 0 Å². The number of hydrogen-bond acceptors (Lipinski definition) is 4. The van der Waals surface area contributed by atoms with Gasteiger partial charge in [0.2, 0.25) is 11.8 Å². The number of fused-ring (bicyclic) bond motifs is 2. The van der Waals surface area contributed by atoms with E-state index in [0.717, 1.165) is 29.7 Å². The summed E-state index contributed by atoms with van der Waals surface area (Å²) in [4.78, 5) is 53.0. The molecule has 0 radical (unpaired) electrons. The molecule has 7 nitrogen and oxygen atoms in total. The second-order valence-electron chi connectivity index (χ2n) is 7.96. The molecule has 0 aromatic heterocycles. The van der Waals surface area contributed by atoms with Crippen molar-refractivity contribution < 1.29 is 19.2 Å². The quantitative estimate of drug-likeness (QED) is 0.778. The lowest BCUT2D eigenvalue weighted by Gasteiger charge is -2.29. The standard InChI is InChI=1S/C23H21N3O4/c27-20-10-9-19(21(28)24-20)26-13-16-12-15(7-8-17(16)23(26)30)22(29)25-11-3-5-14-4-1-2-6-18(14)25/h1-2,4,6-8,12,19H,3,5,9-11,13H2,(H,24,27,28). The molecule has 1 atom stereocenters. The van der Waals surface area contributed by atoms with Crippen molar-refractivity contribution in [3.8, 4) is 0 Å². The summed E-state index contributed by atoms with van der Waals surface area (Å²) >= 11 is 0. The van der Waals surface area contributed by atoms with E-state index in [9.17, 15) is 19.2 Å². The average molecular weight is 403 g/mol. The zero-order chi connectivity index (χ0) is 20.8. The number of imide groups is 1. The highest BCUT2D eigenvalue weighted by molar-refractivity contribution is 6.09. The number of amides is 4. The Morgan fingerprint density at radius 1 is 1.00 bits per heavy atom. The topological polar surface area (TPSA) is 86.8 Å². The number of carbonyl (C=O) groups is 4. The first-order chi connectivity index (χ1) is 14.5. The summed E-state index contributed by atoms with van der Waals surface area (Å²) in [6.07, 6.45) is 2.41. The van der Waals surface area contributed by atoms with Crippen molar-refractivity contribution in [3.63, 3.8) is 0 Å². The van der Waals surface area contributed by atoms with Gasteiger partial charge in [0.05, 0.1) is 0 Å². The number of benzene rings is 2. The Labute approximate surface area is 173 Å². The molecule has 0 aliphatic carbocycles. The lowest BCUT2D eigenvalue weighted by molar-refractivity contribution is -0.136. The fourth-order valence-corrected chi connectivity index (χ4v) is 4.61. The molecule has 3 aliphatic heterocycles. The SMILES string of the molecule is O=C1CCC(N2Cc3cc(C(=O)N4CCCc5ccccc54)ccc3C2=O)C(=O)N1. The van der Waals surface area contributed by atoms with E-state index in [-0.39, 0.29) is 30.7 Å². The molecule has 1 saturated heterocycles. The first kappa shape index (κ1) is 18.5. The van der Waals surface area contributed by atoms with Gasteiger partial charge in [-0.2, -0.15) is 0 Å². The molecule has 0 saturated carbocycles. The van der Waals surface area contributed by atoms with E-state index in [1.165, 1.54) is 4.90 Å². The van der Waals surface area contributed by atoms with E-state index in [4.69, 9.17) is 0 Å². The number of nitrogens with one attached hydrogen (secondary N) is 1. The highest BCUT2D eigenvalue weighted by atomic mass is 16.2. The predicted octanol–water partition coefficient (Wildman–Crippen LogP) is 2.04. The lowest BCUT2D eigenvalue weighted by Crippen LogP contribution is -2.52. The molecule has 7 heteroatoms. The van der Waals surface area contributed by atoms with Gasteiger partial charge in [0, 0.05) is 36.3 Å². The maximum atomic E-state index is 13.2. The molecule has 30 heavy (non-hydrogen) atoms. The predicted molar refractivity (Wildman–Crippen MR) is 109 cm³/mol. The van der Waals surface area contributed by atoms with E-state index in [2.05, 4.69) is 5.32 Å². The van der Waals surface area contributed by atoms with Crippen LogP contribution in [0, 0.1) is 0 Å². The van der Waals surface area contributed by atoms with Crippen LogP contribution in [0.25, 0.3) is 0 Å². The molecule has 2 aromatic rings. The van der Waals surface area contributed by atoms with Crippen LogP contribution >= 0.6 is 0 Å². The number of anilines is 1. The molecule has 2 aromatic carbocycles. The molecule has 3 heterocycles. The Morgan fingerprint density at radius 3 is 2.67 bits per heavy atom. The van der Waals surface area contributed by atoms with Gasteiger partial charge < -0.3 is 9.80 Å². The highest BCUT2D eigenvalue weighted by Gasteiger charge is 2.39. The van der Waals surface area contributed by atoms with Gasteiger partial charge in [0.25, 0.3) is 11.8 Å². The summed E-state index contributed by atoms with van der Waals surface area (Å²) in [7, 11) is 0. The molecule has 5 rings (SSSR count). The van der Waals surface area contributed by atoms with Crippen molar-refractivity contribution in [2.24, 2.45) is 0 Å². The zero-order valence-corrected chi connectivity index (χ0v) is 16.4. The Hall–Kier alpha value is -3.48. The smallest absolute Gasteiger partial charge is 0.258 e. The van der Waals surface area contributed by atoms with Gasteiger partial charge in [-0.15, -0.1) is 0 Å². The molecule has 0 spiro atoms. The fraction of sp³-hybridized carbons (Fsp3) is 0.304. The van der Waals surface area contributed by atoms with Crippen LogP contribution in [-0.2, 0) is 22.6 Å². The van der Waals surface area contributed by atoms with E-state index < -0.39 is 11.9 Å². The highest BCUT2D eigenvalue weighted by Crippen LogP contribution is 2.31. The summed E-state index contributed by atoms with van der Waals surface area (Å²) in [6, 6.07) is 12.4. The molecule has 3 aliphatic rings. The minimum atomic E-state index is -0.657. The number of para-hydroxylation sites is 1. The van der Waals surface area contributed by atoms with Crippen molar-refractivity contribution in [1.82, 2.24) is 10.2 Å². The molecule has 1 N–H and O–H groups in total. The molecule has 1 fully saturated rings. The second kappa shape index (κ2) is 7.09. The third kappa shape index (κ3) is 2.98. The van der Waals surface area contributed by atoms with Crippen LogP contribution in [0.15, 0.2) is 42.5 Å². The van der Waals surface area contributed by atoms with Gasteiger partial charge in [-0.05, 0) is 54.7 Å². The summed E-state index contributed by atoms with van der Waals surface area (Å²) < 4.78 is 0. The maximum Gasteiger partial charge on any atom is 0.258 e. The van der Waals surface area contributed by atoms with Crippen molar-refractivity contribution >= 4 is 29.3 Å². The monoisotopic (exact) mass is 403 g/mol. The van der Waals surface area contributed by atoms with Crippen molar-refractivity contribution in [1.29, 1.82) is 0 Å². The van der Waals surface area contributed by atoms with E-state index >= 15 is 0 Å². The van der Waals surface area contributed by atoms with Crippen molar-refractivity contribution in [2.75, 3.05) is 11.4 Å². The van der Waals surface area contributed by atoms with E-state index in [1.54, 1.807) is 23.1 Å². The van der Waals surface area contributed by atoms with Crippen LogP contribution in [0.3, 0.4) is 0 Å². The van der Waals surface area contributed by atoms with Gasteiger partial charge in [0.1, 0.15) is 6.04 Å². The van der Waals surface area contributed by atoms with Crippen molar-refractivity contribution in [2.45, 2.75) is 38.3 Å². The Bertz CT molecular complexity index is 1090. The molecular formula is C23H21N3O4. The van der Waals surface area contributed by atoms with E-state index in [0.29, 0.717) is 24.1 Å². The minimum Gasteiger partial charge on any atom is -0.322 e. The number of rotatable bonds is 2. The number of piperidine rings is 1. The summed E-state index contributed by atoms with van der Waals surface area (Å²) in [6.45, 7) is 0.923. The molecule has 1 unspecified atom stereocenters. The van der Waals surface area contributed by atoms with Crippen LogP contribution < -0.4 is 10.2 Å². The molecule has 152 valence electrons. The van der Waals surface area contributed by atoms with E-state index in [1.807, 2.05) is 24.3 Å². The first-order valence-corrected chi connectivity index (χ1v) is 10.2. The number of hydrogen-bond donors (Lipinski definition) is 1. The summed E-state index contributed by atoms with van der Waals surface area (Å²) in [5, 5.41) is 2.30. The lowest BCUT2D eigenvalue weighted by atomic mass is 10.00. The average Bonchev–Trinajstić information content (AvgIpc) is 3.08. The molecule has 4 amide bonds. The normalized spacial score (nSPS) is 20.7. The number of carbonyl (C=O) groups excluding carboxylic acids is 4. The molecular weight excluding hydrogens is 382 g/mol. The first-order valence-electron chi connectivity index (χ1n) is 10.2. The maximum absolute atomic E-state index is 13.2. The van der Waals surface area contributed by atoms with Crippen LogP contribution in [0.4, 0.5) is 5.69 Å². The second-order valence-corrected chi connectivity index (χ2v) is 7.96. The van der Waals surface area contributed by atoms with Crippen molar-refractivity contribution in [3.05, 3.63) is 64.7 Å². The Kier molecular flexibility index (Phi) is 4.38. The number of aryl methyl sites for hydroxylation is 1. The fourth-order valence-electron chi connectivity index (χ4n) is 4.61. The Balaban J connectivity index is 1.41. The number of nitrogens with zero attached hydrogens (tertiary/aromatic N) is 2. The third-order valence-electron chi connectivity index (χ3n) is 6.13. The third-order valence-corrected chi connectivity index (χ3v) is 6.13. The largest absolute Gasteiger partial charge is 0.322 e. The summed E-state index contributed by atoms with van der Waals surface area (Å²) in [5.74, 6) is -1.07. The van der Waals surface area contributed by atoms with Gasteiger partial charge in [-0.3, -0.25) is 24.5 Å². The van der Waals surface area contributed by atoms with Gasteiger partial charge in [-0.1, -0.05) is 18.2 Å². The van der Waals surface area contributed by atoms with Crippen LogP contribution in [0.1, 0.15) is 51.1 Å². The van der Waals surface area contributed by atoms with Gasteiger partial charge in [0.15, 0.2) is 0 Å². The van der Waals surface area contributed by atoms with Crippen LogP contribution in [-0.4, -0.2) is 41.1 Å². The zero-order valence-electron chi connectivity index (χ0n) is 16.4. The van der Waals surface area contributed by atoms with Gasteiger partial charge >= 0.3 is 0 Å². The Morgan fingerprint density at radius 2 is 1.83 bits per heavy atom. The minimum absolute atomic E-state index is 0.0862. The molecule has 0 bridgehead atoms.